The molecule has 0 aromatic heterocycles. The molecule has 160 valence electrons. The average molecular weight is 400 g/mol. The van der Waals surface area contributed by atoms with E-state index in [0.717, 1.165) is 62.4 Å². The van der Waals surface area contributed by atoms with Crippen molar-refractivity contribution in [3.63, 3.8) is 0 Å². The summed E-state index contributed by atoms with van der Waals surface area (Å²) in [5.74, 6) is 0.446. The van der Waals surface area contributed by atoms with Crippen LogP contribution in [0, 0.1) is 11.3 Å². The fourth-order valence-corrected chi connectivity index (χ4v) is 4.76. The molecule has 5 heteroatoms. The molecule has 2 saturated heterocycles. The number of nitrogens with zero attached hydrogens (tertiary/aromatic N) is 2. The molecular weight excluding hydrogens is 362 g/mol. The SMILES string of the molecule is CC(CC(=O)Nc1ccc(N2CCCC2)c(C(=O)N2CCCC2)c1)CC(C)(C)C. The van der Waals surface area contributed by atoms with E-state index in [1.165, 1.54) is 12.8 Å². The van der Waals surface area contributed by atoms with Crippen LogP contribution in [0.3, 0.4) is 0 Å². The summed E-state index contributed by atoms with van der Waals surface area (Å²) < 4.78 is 0. The molecule has 1 aromatic carbocycles. The van der Waals surface area contributed by atoms with Crippen molar-refractivity contribution in [2.24, 2.45) is 11.3 Å². The van der Waals surface area contributed by atoms with Crippen molar-refractivity contribution in [1.29, 1.82) is 0 Å². The monoisotopic (exact) mass is 399 g/mol. The van der Waals surface area contributed by atoms with E-state index in [2.05, 4.69) is 37.9 Å². The zero-order valence-corrected chi connectivity index (χ0v) is 18.6. The van der Waals surface area contributed by atoms with Crippen LogP contribution in [0.1, 0.15) is 76.6 Å². The minimum absolute atomic E-state index is 0.0234. The largest absolute Gasteiger partial charge is 0.371 e. The number of carbonyl (C=O) groups excluding carboxylic acids is 2. The van der Waals surface area contributed by atoms with Gasteiger partial charge in [0.25, 0.3) is 5.91 Å². The molecule has 1 aromatic rings. The van der Waals surface area contributed by atoms with Gasteiger partial charge in [0.05, 0.1) is 5.56 Å². The fourth-order valence-electron chi connectivity index (χ4n) is 4.76. The van der Waals surface area contributed by atoms with Crippen molar-refractivity contribution < 1.29 is 9.59 Å². The summed E-state index contributed by atoms with van der Waals surface area (Å²) in [6.07, 6.45) is 6.00. The van der Waals surface area contributed by atoms with Crippen LogP contribution in [0.5, 0.6) is 0 Å². The van der Waals surface area contributed by atoms with Gasteiger partial charge in [0, 0.05) is 44.0 Å². The van der Waals surface area contributed by atoms with Gasteiger partial charge in [-0.2, -0.15) is 0 Å². The highest BCUT2D eigenvalue weighted by molar-refractivity contribution is 6.02. The first-order chi connectivity index (χ1) is 13.7. The Balaban J connectivity index is 1.74. The molecule has 0 saturated carbocycles. The Hall–Kier alpha value is -2.04. The number of carbonyl (C=O) groups is 2. The highest BCUT2D eigenvalue weighted by atomic mass is 16.2. The Bertz CT molecular complexity index is 726. The zero-order chi connectivity index (χ0) is 21.0. The van der Waals surface area contributed by atoms with Crippen LogP contribution in [-0.2, 0) is 4.79 Å². The lowest BCUT2D eigenvalue weighted by molar-refractivity contribution is -0.117. The minimum atomic E-state index is 0.0234. The molecule has 0 radical (unpaired) electrons. The van der Waals surface area contributed by atoms with E-state index in [4.69, 9.17) is 0 Å². The number of nitrogens with one attached hydrogen (secondary N) is 1. The van der Waals surface area contributed by atoms with Gasteiger partial charge < -0.3 is 15.1 Å². The molecule has 1 atom stereocenters. The molecule has 2 amide bonds. The highest BCUT2D eigenvalue weighted by Crippen LogP contribution is 2.30. The van der Waals surface area contributed by atoms with Gasteiger partial charge in [-0.15, -0.1) is 0 Å². The number of likely N-dealkylation sites (tertiary alicyclic amines) is 1. The molecule has 2 aliphatic heterocycles. The third-order valence-electron chi connectivity index (χ3n) is 5.85. The lowest BCUT2D eigenvalue weighted by Gasteiger charge is -2.25. The van der Waals surface area contributed by atoms with Gasteiger partial charge in [0.2, 0.25) is 5.91 Å². The van der Waals surface area contributed by atoms with Crippen molar-refractivity contribution in [1.82, 2.24) is 4.90 Å². The first kappa shape index (κ1) is 21.7. The number of rotatable bonds is 6. The quantitative estimate of drug-likeness (QED) is 0.738. The molecule has 2 aliphatic rings. The van der Waals surface area contributed by atoms with E-state index in [1.807, 2.05) is 23.1 Å². The van der Waals surface area contributed by atoms with Gasteiger partial charge in [-0.05, 0) is 61.6 Å². The molecule has 5 nitrogen and oxygen atoms in total. The third-order valence-corrected chi connectivity index (χ3v) is 5.85. The van der Waals surface area contributed by atoms with Crippen LogP contribution in [0.25, 0.3) is 0 Å². The average Bonchev–Trinajstić information content (AvgIpc) is 3.33. The van der Waals surface area contributed by atoms with E-state index in [-0.39, 0.29) is 17.2 Å². The van der Waals surface area contributed by atoms with Gasteiger partial charge >= 0.3 is 0 Å². The van der Waals surface area contributed by atoms with Crippen LogP contribution >= 0.6 is 0 Å². The van der Waals surface area contributed by atoms with Crippen LogP contribution < -0.4 is 10.2 Å². The van der Waals surface area contributed by atoms with E-state index < -0.39 is 0 Å². The first-order valence-corrected chi connectivity index (χ1v) is 11.2. The number of hydrogen-bond acceptors (Lipinski definition) is 3. The standard InChI is InChI=1S/C24H37N3O2/c1-18(17-24(2,3)4)15-22(28)25-19-9-10-21(26-11-5-6-12-26)20(16-19)23(29)27-13-7-8-14-27/h9-10,16,18H,5-8,11-15,17H2,1-4H3,(H,25,28). The molecular formula is C24H37N3O2. The van der Waals surface area contributed by atoms with Gasteiger partial charge in [0.1, 0.15) is 0 Å². The van der Waals surface area contributed by atoms with Crippen LogP contribution in [-0.4, -0.2) is 42.9 Å². The number of anilines is 2. The van der Waals surface area contributed by atoms with E-state index >= 15 is 0 Å². The molecule has 1 N–H and O–H groups in total. The second-order valence-electron chi connectivity index (χ2n) is 10.0. The summed E-state index contributed by atoms with van der Waals surface area (Å²) in [6.45, 7) is 12.4. The molecule has 2 heterocycles. The van der Waals surface area contributed by atoms with Crippen LogP contribution in [0.2, 0.25) is 0 Å². The Morgan fingerprint density at radius 3 is 2.28 bits per heavy atom. The maximum atomic E-state index is 13.2. The summed E-state index contributed by atoms with van der Waals surface area (Å²) in [6, 6.07) is 5.85. The normalized spacial score (nSPS) is 18.2. The van der Waals surface area contributed by atoms with Crippen molar-refractivity contribution in [2.45, 2.75) is 66.2 Å². The van der Waals surface area contributed by atoms with Crippen LogP contribution in [0.15, 0.2) is 18.2 Å². The highest BCUT2D eigenvalue weighted by Gasteiger charge is 2.26. The number of hydrogen-bond donors (Lipinski definition) is 1. The molecule has 0 aliphatic carbocycles. The van der Waals surface area contributed by atoms with Crippen LogP contribution in [0.4, 0.5) is 11.4 Å². The second-order valence-corrected chi connectivity index (χ2v) is 10.0. The molecule has 0 bridgehead atoms. The van der Waals surface area contributed by atoms with Crippen molar-refractivity contribution in [2.75, 3.05) is 36.4 Å². The Labute approximate surface area is 175 Å². The maximum Gasteiger partial charge on any atom is 0.256 e. The summed E-state index contributed by atoms with van der Waals surface area (Å²) in [4.78, 5) is 30.0. The van der Waals surface area contributed by atoms with E-state index in [0.29, 0.717) is 12.3 Å². The lowest BCUT2D eigenvalue weighted by Crippen LogP contribution is -2.30. The van der Waals surface area contributed by atoms with Gasteiger partial charge in [0.15, 0.2) is 0 Å². The lowest BCUT2D eigenvalue weighted by atomic mass is 9.84. The predicted molar refractivity (Wildman–Crippen MR) is 120 cm³/mol. The minimum Gasteiger partial charge on any atom is -0.371 e. The fraction of sp³-hybridized carbons (Fsp3) is 0.667. The molecule has 29 heavy (non-hydrogen) atoms. The summed E-state index contributed by atoms with van der Waals surface area (Å²) in [5, 5.41) is 3.03. The Morgan fingerprint density at radius 2 is 1.66 bits per heavy atom. The summed E-state index contributed by atoms with van der Waals surface area (Å²) >= 11 is 0. The summed E-state index contributed by atoms with van der Waals surface area (Å²) in [5.41, 5.74) is 2.68. The molecule has 3 rings (SSSR count). The Kier molecular flexibility index (Phi) is 6.86. The Morgan fingerprint density at radius 1 is 1.03 bits per heavy atom. The summed E-state index contributed by atoms with van der Waals surface area (Å²) in [7, 11) is 0. The molecule has 0 spiro atoms. The maximum absolute atomic E-state index is 13.2. The van der Waals surface area contributed by atoms with Gasteiger partial charge in [-0.3, -0.25) is 9.59 Å². The van der Waals surface area contributed by atoms with Crippen molar-refractivity contribution in [3.05, 3.63) is 23.8 Å². The van der Waals surface area contributed by atoms with Gasteiger partial charge in [-0.1, -0.05) is 27.7 Å². The number of benzene rings is 1. The third kappa shape index (κ3) is 5.97. The molecule has 1 unspecified atom stereocenters. The van der Waals surface area contributed by atoms with Crippen molar-refractivity contribution >= 4 is 23.2 Å². The van der Waals surface area contributed by atoms with Crippen molar-refractivity contribution in [3.8, 4) is 0 Å². The smallest absolute Gasteiger partial charge is 0.256 e. The zero-order valence-electron chi connectivity index (χ0n) is 18.6. The van der Waals surface area contributed by atoms with Gasteiger partial charge in [-0.25, -0.2) is 0 Å². The predicted octanol–water partition coefficient (Wildman–Crippen LogP) is 4.92. The van der Waals surface area contributed by atoms with E-state index in [1.54, 1.807) is 0 Å². The molecule has 2 fully saturated rings. The topological polar surface area (TPSA) is 52.7 Å². The second kappa shape index (κ2) is 9.19. The van der Waals surface area contributed by atoms with E-state index in [9.17, 15) is 9.59 Å². The number of amides is 2. The first-order valence-electron chi connectivity index (χ1n) is 11.2.